The summed E-state index contributed by atoms with van der Waals surface area (Å²) in [5, 5.41) is 0.936. The zero-order chi connectivity index (χ0) is 13.4. The Labute approximate surface area is 116 Å². The summed E-state index contributed by atoms with van der Waals surface area (Å²) in [5.74, 6) is 0.201. The van der Waals surface area contributed by atoms with Gasteiger partial charge < -0.3 is 0 Å². The zero-order valence-corrected chi connectivity index (χ0v) is 11.6. The minimum atomic E-state index is -0.0543. The first-order chi connectivity index (χ1) is 9.20. The predicted molar refractivity (Wildman–Crippen MR) is 77.5 cm³/mol. The van der Waals surface area contributed by atoms with Crippen molar-refractivity contribution in [1.29, 1.82) is 0 Å². The smallest absolute Gasteiger partial charge is 0.170 e. The Morgan fingerprint density at radius 3 is 2.79 bits per heavy atom. The molecule has 0 atom stereocenters. The van der Waals surface area contributed by atoms with Crippen LogP contribution in [-0.2, 0) is 4.79 Å². The van der Waals surface area contributed by atoms with E-state index in [1.807, 2.05) is 40.7 Å². The summed E-state index contributed by atoms with van der Waals surface area (Å²) in [5.41, 5.74) is 1.69. The van der Waals surface area contributed by atoms with E-state index in [2.05, 4.69) is 0 Å². The van der Waals surface area contributed by atoms with Crippen molar-refractivity contribution >= 4 is 34.4 Å². The average molecular weight is 273 g/mol. The summed E-state index contributed by atoms with van der Waals surface area (Å²) in [6, 6.07) is 7.63. The number of aromatic nitrogens is 1. The number of Topliss-reactive ketones (excluding diaryl/α,β-unsaturated/α-hetero) is 2. The summed E-state index contributed by atoms with van der Waals surface area (Å²) in [4.78, 5) is 24.0. The third-order valence-corrected chi connectivity index (χ3v) is 4.27. The molecular formula is C15H15NO2S. The molecule has 2 aromatic rings. The second-order valence-corrected chi connectivity index (χ2v) is 5.66. The maximum absolute atomic E-state index is 12.3. The molecule has 1 saturated carbocycles. The molecule has 4 heteroatoms. The van der Waals surface area contributed by atoms with Crippen molar-refractivity contribution in [1.82, 2.24) is 3.97 Å². The molecule has 1 fully saturated rings. The van der Waals surface area contributed by atoms with Crippen LogP contribution >= 0.6 is 11.9 Å². The van der Waals surface area contributed by atoms with Crippen LogP contribution in [-0.4, -0.2) is 21.8 Å². The Balaban J connectivity index is 1.93. The lowest BCUT2D eigenvalue weighted by Gasteiger charge is -2.04. The number of nitrogens with zero attached hydrogens (tertiary/aromatic N) is 1. The van der Waals surface area contributed by atoms with E-state index in [1.54, 1.807) is 11.9 Å². The number of benzene rings is 1. The number of hydrogen-bond acceptors (Lipinski definition) is 3. The summed E-state index contributed by atoms with van der Waals surface area (Å²) < 4.78 is 2.02. The molecule has 0 unspecified atom stereocenters. The Bertz CT molecular complexity index is 655. The highest BCUT2D eigenvalue weighted by Crippen LogP contribution is 2.32. The lowest BCUT2D eigenvalue weighted by atomic mass is 10.0. The second kappa shape index (κ2) is 4.85. The number of fused-ring (bicyclic) bond motifs is 1. The number of rotatable bonds is 5. The molecule has 1 aromatic carbocycles. The van der Waals surface area contributed by atoms with E-state index in [4.69, 9.17) is 0 Å². The van der Waals surface area contributed by atoms with E-state index >= 15 is 0 Å². The second-order valence-electron chi connectivity index (χ2n) is 4.90. The van der Waals surface area contributed by atoms with E-state index in [0.29, 0.717) is 5.56 Å². The van der Waals surface area contributed by atoms with E-state index in [9.17, 15) is 9.59 Å². The highest BCUT2D eigenvalue weighted by molar-refractivity contribution is 7.97. The van der Waals surface area contributed by atoms with Crippen LogP contribution in [0, 0.1) is 5.92 Å². The standard InChI is InChI=1S/C15H15NO2S/c1-19-16-8-7-11-12(3-2-4-13(11)16)15(18)9-14(17)10-5-6-10/h2-4,7-8,10H,5-6,9H2,1H3. The SMILES string of the molecule is CSn1ccc2c(C(=O)CC(=O)C3CC3)cccc21. The van der Waals surface area contributed by atoms with Crippen LogP contribution in [0.15, 0.2) is 30.5 Å². The zero-order valence-electron chi connectivity index (χ0n) is 10.8. The van der Waals surface area contributed by atoms with Crippen molar-refractivity contribution in [3.8, 4) is 0 Å². The number of hydrogen-bond donors (Lipinski definition) is 0. The van der Waals surface area contributed by atoms with Crippen molar-refractivity contribution < 1.29 is 9.59 Å². The van der Waals surface area contributed by atoms with Crippen molar-refractivity contribution in [3.63, 3.8) is 0 Å². The average Bonchev–Trinajstić information content (AvgIpc) is 3.18. The molecule has 1 aromatic heterocycles. The normalized spacial score (nSPS) is 14.8. The molecule has 0 amide bonds. The first-order valence-corrected chi connectivity index (χ1v) is 7.59. The molecule has 0 bridgehead atoms. The molecule has 3 nitrogen and oxygen atoms in total. The molecule has 1 heterocycles. The molecule has 0 radical (unpaired) electrons. The first kappa shape index (κ1) is 12.5. The minimum absolute atomic E-state index is 0.0498. The fourth-order valence-corrected chi connectivity index (χ4v) is 2.89. The van der Waals surface area contributed by atoms with E-state index in [-0.39, 0.29) is 23.9 Å². The number of ketones is 2. The molecule has 1 aliphatic rings. The van der Waals surface area contributed by atoms with Crippen LogP contribution in [0.4, 0.5) is 0 Å². The molecule has 3 rings (SSSR count). The fraction of sp³-hybridized carbons (Fsp3) is 0.333. The quantitative estimate of drug-likeness (QED) is 0.619. The summed E-state index contributed by atoms with van der Waals surface area (Å²) in [6.45, 7) is 0. The van der Waals surface area contributed by atoms with Gasteiger partial charge in [-0.05, 0) is 36.9 Å². The third kappa shape index (κ3) is 2.32. The van der Waals surface area contributed by atoms with Gasteiger partial charge in [0.2, 0.25) is 0 Å². The monoisotopic (exact) mass is 273 g/mol. The van der Waals surface area contributed by atoms with Crippen LogP contribution in [0.2, 0.25) is 0 Å². The lowest BCUT2D eigenvalue weighted by Crippen LogP contribution is -2.09. The van der Waals surface area contributed by atoms with E-state index < -0.39 is 0 Å². The van der Waals surface area contributed by atoms with Gasteiger partial charge in [-0.3, -0.25) is 13.6 Å². The Kier molecular flexibility index (Phi) is 3.19. The Morgan fingerprint density at radius 1 is 1.32 bits per heavy atom. The molecule has 98 valence electrons. The molecule has 19 heavy (non-hydrogen) atoms. The maximum atomic E-state index is 12.3. The summed E-state index contributed by atoms with van der Waals surface area (Å²) in [6.07, 6.45) is 5.91. The predicted octanol–water partition coefficient (Wildman–Crippen LogP) is 3.32. The van der Waals surface area contributed by atoms with Crippen molar-refractivity contribution in [2.45, 2.75) is 19.3 Å². The summed E-state index contributed by atoms with van der Waals surface area (Å²) in [7, 11) is 0. The van der Waals surface area contributed by atoms with Crippen LogP contribution in [0.25, 0.3) is 10.9 Å². The van der Waals surface area contributed by atoms with Crippen molar-refractivity contribution in [2.75, 3.05) is 6.26 Å². The molecule has 0 aliphatic heterocycles. The van der Waals surface area contributed by atoms with Crippen LogP contribution in [0.3, 0.4) is 0 Å². The van der Waals surface area contributed by atoms with Gasteiger partial charge in [-0.2, -0.15) is 0 Å². The first-order valence-electron chi connectivity index (χ1n) is 6.41. The van der Waals surface area contributed by atoms with Gasteiger partial charge >= 0.3 is 0 Å². The molecule has 0 saturated heterocycles. The van der Waals surface area contributed by atoms with Crippen LogP contribution < -0.4 is 0 Å². The van der Waals surface area contributed by atoms with Gasteiger partial charge in [0, 0.05) is 29.3 Å². The largest absolute Gasteiger partial charge is 0.299 e. The minimum Gasteiger partial charge on any atom is -0.299 e. The molecule has 0 N–H and O–H groups in total. The van der Waals surface area contributed by atoms with Crippen molar-refractivity contribution in [2.24, 2.45) is 5.92 Å². The molecule has 1 aliphatic carbocycles. The fourth-order valence-electron chi connectivity index (χ4n) is 2.35. The van der Waals surface area contributed by atoms with E-state index in [0.717, 1.165) is 23.7 Å². The highest BCUT2D eigenvalue weighted by Gasteiger charge is 2.31. The van der Waals surface area contributed by atoms with Gasteiger partial charge in [0.05, 0.1) is 11.9 Å². The highest BCUT2D eigenvalue weighted by atomic mass is 32.2. The number of carbonyl (C=O) groups is 2. The van der Waals surface area contributed by atoms with Crippen LogP contribution in [0.1, 0.15) is 29.6 Å². The molecular weight excluding hydrogens is 258 g/mol. The van der Waals surface area contributed by atoms with Gasteiger partial charge in [-0.1, -0.05) is 12.1 Å². The topological polar surface area (TPSA) is 39.1 Å². The summed E-state index contributed by atoms with van der Waals surface area (Å²) >= 11 is 1.59. The maximum Gasteiger partial charge on any atom is 0.170 e. The Hall–Kier alpha value is -1.55. The van der Waals surface area contributed by atoms with Gasteiger partial charge in [-0.15, -0.1) is 0 Å². The van der Waals surface area contributed by atoms with Crippen molar-refractivity contribution in [3.05, 3.63) is 36.0 Å². The van der Waals surface area contributed by atoms with Gasteiger partial charge in [0.15, 0.2) is 5.78 Å². The third-order valence-electron chi connectivity index (χ3n) is 3.56. The van der Waals surface area contributed by atoms with E-state index in [1.165, 1.54) is 0 Å². The Morgan fingerprint density at radius 2 is 2.11 bits per heavy atom. The molecule has 0 spiro atoms. The van der Waals surface area contributed by atoms with Gasteiger partial charge in [-0.25, -0.2) is 0 Å². The van der Waals surface area contributed by atoms with Crippen LogP contribution in [0.5, 0.6) is 0 Å². The number of carbonyl (C=O) groups excluding carboxylic acids is 2. The van der Waals surface area contributed by atoms with Gasteiger partial charge in [0.1, 0.15) is 5.78 Å². The van der Waals surface area contributed by atoms with Gasteiger partial charge in [0.25, 0.3) is 0 Å². The lowest BCUT2D eigenvalue weighted by molar-refractivity contribution is -0.119.